The lowest BCUT2D eigenvalue weighted by atomic mass is 10.3. The first-order chi connectivity index (χ1) is 15.1. The van der Waals surface area contributed by atoms with Gasteiger partial charge in [-0.1, -0.05) is 47.7 Å². The number of carbonyl (C=O) groups excluding carboxylic acids is 2. The van der Waals surface area contributed by atoms with Gasteiger partial charge in [0.05, 0.1) is 10.6 Å². The van der Waals surface area contributed by atoms with E-state index in [2.05, 4.69) is 19.9 Å². The molecular weight excluding hydrogens is 452 g/mol. The van der Waals surface area contributed by atoms with E-state index in [9.17, 15) is 9.59 Å². The topological polar surface area (TPSA) is 88.6 Å². The van der Waals surface area contributed by atoms with E-state index in [4.69, 9.17) is 23.8 Å². The number of H-pyrrole nitrogens is 1. The number of carbonyl (C=O) groups is 2. The predicted molar refractivity (Wildman–Crippen MR) is 124 cm³/mol. The molecule has 156 valence electrons. The molecule has 0 aliphatic rings. The summed E-state index contributed by atoms with van der Waals surface area (Å²) in [4.78, 5) is 36.3. The van der Waals surface area contributed by atoms with Crippen molar-refractivity contribution in [3.05, 3.63) is 107 Å². The molecule has 4 heterocycles. The fraction of sp³-hybridized carbons (Fsp3) is 0. The highest BCUT2D eigenvalue weighted by atomic mass is 35.5. The highest BCUT2D eigenvalue weighted by Crippen LogP contribution is 2.27. The lowest BCUT2D eigenvalue weighted by molar-refractivity contribution is 0.111. The molecule has 0 saturated heterocycles. The third-order valence-electron chi connectivity index (χ3n) is 3.39. The molecule has 31 heavy (non-hydrogen) atoms. The van der Waals surface area contributed by atoms with E-state index < -0.39 is 0 Å². The van der Waals surface area contributed by atoms with Crippen LogP contribution in [0, 0.1) is 4.64 Å². The summed E-state index contributed by atoms with van der Waals surface area (Å²) in [5.74, 6) is 0. The van der Waals surface area contributed by atoms with Crippen molar-refractivity contribution < 1.29 is 9.59 Å². The molecular formula is C22H17ClN4O2S2. The molecule has 0 aliphatic heterocycles. The van der Waals surface area contributed by atoms with E-state index in [0.29, 0.717) is 22.4 Å². The summed E-state index contributed by atoms with van der Waals surface area (Å²) >= 11 is 11.8. The van der Waals surface area contributed by atoms with Crippen LogP contribution >= 0.6 is 35.6 Å². The maximum Gasteiger partial charge on any atom is 0.153 e. The lowest BCUT2D eigenvalue weighted by Gasteiger charge is -2.01. The van der Waals surface area contributed by atoms with Gasteiger partial charge in [0.15, 0.2) is 12.6 Å². The van der Waals surface area contributed by atoms with Crippen LogP contribution < -0.4 is 0 Å². The molecule has 0 radical (unpaired) electrons. The van der Waals surface area contributed by atoms with E-state index in [-0.39, 0.29) is 0 Å². The number of hydrogen-bond acceptors (Lipinski definition) is 7. The second-order valence-electron chi connectivity index (χ2n) is 5.54. The van der Waals surface area contributed by atoms with E-state index in [1.165, 1.54) is 24.2 Å². The SMILES string of the molecule is O=Cc1cnccc1Cl.O=Cc1cnccc1Sc1ccccn1.S=c1cccc[nH]1. The van der Waals surface area contributed by atoms with Gasteiger partial charge in [0.1, 0.15) is 9.67 Å². The number of nitrogens with zero attached hydrogens (tertiary/aromatic N) is 3. The van der Waals surface area contributed by atoms with E-state index in [1.54, 1.807) is 24.7 Å². The lowest BCUT2D eigenvalue weighted by Crippen LogP contribution is -1.87. The molecule has 6 nitrogen and oxygen atoms in total. The first kappa shape index (κ1) is 24.1. The molecule has 0 spiro atoms. The van der Waals surface area contributed by atoms with Gasteiger partial charge in [-0.25, -0.2) is 4.98 Å². The highest BCUT2D eigenvalue weighted by Gasteiger charge is 2.03. The molecule has 0 fully saturated rings. The Kier molecular flexibility index (Phi) is 10.8. The van der Waals surface area contributed by atoms with Crippen molar-refractivity contribution >= 4 is 48.2 Å². The van der Waals surface area contributed by atoms with Gasteiger partial charge < -0.3 is 4.98 Å². The number of pyridine rings is 4. The Morgan fingerprint density at radius 2 is 1.58 bits per heavy atom. The Bertz CT molecular complexity index is 1140. The van der Waals surface area contributed by atoms with Crippen molar-refractivity contribution in [2.24, 2.45) is 0 Å². The number of aldehydes is 2. The summed E-state index contributed by atoms with van der Waals surface area (Å²) in [6.45, 7) is 0. The largest absolute Gasteiger partial charge is 0.353 e. The van der Waals surface area contributed by atoms with Gasteiger partial charge in [0, 0.05) is 47.6 Å². The van der Waals surface area contributed by atoms with Crippen molar-refractivity contribution in [3.63, 3.8) is 0 Å². The standard InChI is InChI=1S/C11H8N2OS.C6H4ClNO.C5H5NS/c14-8-9-7-12-6-4-10(9)15-11-3-1-2-5-13-11;7-6-1-2-8-3-5(6)4-9;7-5-3-1-2-4-6-5/h1-8H;1-4H;1-4H,(H,6,7). The smallest absolute Gasteiger partial charge is 0.153 e. The maximum absolute atomic E-state index is 10.7. The van der Waals surface area contributed by atoms with Crippen LogP contribution in [0.5, 0.6) is 0 Å². The Labute approximate surface area is 193 Å². The second-order valence-corrected chi connectivity index (χ2v) is 7.45. The molecule has 0 saturated carbocycles. The second kappa shape index (κ2) is 13.9. The summed E-state index contributed by atoms with van der Waals surface area (Å²) in [6, 6.07) is 14.7. The summed E-state index contributed by atoms with van der Waals surface area (Å²) in [6.07, 6.45) is 11.2. The molecule has 0 unspecified atom stereocenters. The third-order valence-corrected chi connectivity index (χ3v) is 5.03. The van der Waals surface area contributed by atoms with Crippen molar-refractivity contribution in [3.8, 4) is 0 Å². The first-order valence-corrected chi connectivity index (χ1v) is 10.4. The van der Waals surface area contributed by atoms with Gasteiger partial charge in [0.25, 0.3) is 0 Å². The zero-order chi connectivity index (χ0) is 22.3. The van der Waals surface area contributed by atoms with Gasteiger partial charge in [0.2, 0.25) is 0 Å². The summed E-state index contributed by atoms with van der Waals surface area (Å²) in [5, 5.41) is 1.31. The van der Waals surface area contributed by atoms with E-state index in [1.807, 2.05) is 48.7 Å². The minimum Gasteiger partial charge on any atom is -0.353 e. The minimum absolute atomic E-state index is 0.430. The predicted octanol–water partition coefficient (Wildman–Crippen LogP) is 5.73. The number of aromatic nitrogens is 4. The number of nitrogens with one attached hydrogen (secondary N) is 1. The highest BCUT2D eigenvalue weighted by molar-refractivity contribution is 7.99. The Morgan fingerprint density at radius 1 is 0.871 bits per heavy atom. The van der Waals surface area contributed by atoms with Crippen molar-refractivity contribution in [1.29, 1.82) is 0 Å². The molecule has 4 aromatic heterocycles. The maximum atomic E-state index is 10.7. The molecule has 0 bridgehead atoms. The quantitative estimate of drug-likeness (QED) is 0.302. The molecule has 4 aromatic rings. The van der Waals surface area contributed by atoms with Gasteiger partial charge in [-0.05, 0) is 36.4 Å². The third kappa shape index (κ3) is 9.00. The summed E-state index contributed by atoms with van der Waals surface area (Å²) in [5.41, 5.74) is 1.02. The van der Waals surface area contributed by atoms with Crippen LogP contribution in [-0.4, -0.2) is 32.5 Å². The fourth-order valence-electron chi connectivity index (χ4n) is 1.95. The average molecular weight is 469 g/mol. The van der Waals surface area contributed by atoms with Gasteiger partial charge >= 0.3 is 0 Å². The molecule has 0 atom stereocenters. The molecule has 0 aliphatic carbocycles. The monoisotopic (exact) mass is 468 g/mol. The number of aromatic amines is 1. The molecule has 4 rings (SSSR count). The normalized spacial score (nSPS) is 9.32. The van der Waals surface area contributed by atoms with E-state index >= 15 is 0 Å². The van der Waals surface area contributed by atoms with Crippen LogP contribution in [0.2, 0.25) is 5.02 Å². The van der Waals surface area contributed by atoms with Crippen LogP contribution in [0.4, 0.5) is 0 Å². The van der Waals surface area contributed by atoms with Crippen LogP contribution in [-0.2, 0) is 0 Å². The van der Waals surface area contributed by atoms with Crippen molar-refractivity contribution in [1.82, 2.24) is 19.9 Å². The Morgan fingerprint density at radius 3 is 2.10 bits per heavy atom. The van der Waals surface area contributed by atoms with Gasteiger partial charge in [-0.2, -0.15) is 0 Å². The van der Waals surface area contributed by atoms with Crippen molar-refractivity contribution in [2.75, 3.05) is 0 Å². The molecule has 9 heteroatoms. The molecule has 0 amide bonds. The van der Waals surface area contributed by atoms with Crippen LogP contribution in [0.3, 0.4) is 0 Å². The fourth-order valence-corrected chi connectivity index (χ4v) is 3.08. The van der Waals surface area contributed by atoms with Crippen molar-refractivity contribution in [2.45, 2.75) is 9.92 Å². The average Bonchev–Trinajstić information content (AvgIpc) is 2.82. The van der Waals surface area contributed by atoms with Crippen LogP contribution in [0.25, 0.3) is 0 Å². The number of hydrogen-bond donors (Lipinski definition) is 1. The molecule has 1 N–H and O–H groups in total. The van der Waals surface area contributed by atoms with Crippen LogP contribution in [0.1, 0.15) is 20.7 Å². The van der Waals surface area contributed by atoms with Gasteiger partial charge in [-0.3, -0.25) is 19.6 Å². The summed E-state index contributed by atoms with van der Waals surface area (Å²) < 4.78 is 0.780. The number of halogens is 1. The van der Waals surface area contributed by atoms with E-state index in [0.717, 1.165) is 20.8 Å². The zero-order valence-electron chi connectivity index (χ0n) is 16.1. The Hall–Kier alpha value is -3.20. The summed E-state index contributed by atoms with van der Waals surface area (Å²) in [7, 11) is 0. The molecule has 0 aromatic carbocycles. The van der Waals surface area contributed by atoms with Gasteiger partial charge in [-0.15, -0.1) is 0 Å². The first-order valence-electron chi connectivity index (χ1n) is 8.80. The minimum atomic E-state index is 0.430. The Balaban J connectivity index is 0.000000181. The number of rotatable bonds is 4. The zero-order valence-corrected chi connectivity index (χ0v) is 18.5. The van der Waals surface area contributed by atoms with Crippen LogP contribution in [0.15, 0.2) is 95.6 Å².